The van der Waals surface area contributed by atoms with E-state index in [1.807, 2.05) is 24.9 Å². The first kappa shape index (κ1) is 16.8. The minimum Gasteiger partial charge on any atom is -0.356 e. The molecule has 0 amide bonds. The third-order valence-electron chi connectivity index (χ3n) is 3.43. The van der Waals surface area contributed by atoms with E-state index in [-0.39, 0.29) is 11.7 Å². The Morgan fingerprint density at radius 2 is 2.19 bits per heavy atom. The van der Waals surface area contributed by atoms with Crippen molar-refractivity contribution in [1.82, 2.24) is 15.7 Å². The lowest BCUT2D eigenvalue weighted by Crippen LogP contribution is -2.56. The molecule has 3 N–H and O–H groups in total. The van der Waals surface area contributed by atoms with Gasteiger partial charge in [-0.1, -0.05) is 0 Å². The van der Waals surface area contributed by atoms with Crippen LogP contribution in [-0.4, -0.2) is 55.7 Å². The Labute approximate surface area is 129 Å². The van der Waals surface area contributed by atoms with Crippen LogP contribution in [0, 0.1) is 5.41 Å². The minimum absolute atomic E-state index is 0.355. The topological polar surface area (TPSA) is 84.5 Å². The van der Waals surface area contributed by atoms with E-state index in [0.717, 1.165) is 12.3 Å². The number of ether oxygens (including phenoxy) is 2. The molecule has 0 aliphatic carbocycles. The van der Waals surface area contributed by atoms with Gasteiger partial charge in [0.1, 0.15) is 0 Å². The van der Waals surface area contributed by atoms with Gasteiger partial charge in [-0.25, -0.2) is 0 Å². The third kappa shape index (κ3) is 4.46. The molecule has 0 aromatic heterocycles. The summed E-state index contributed by atoms with van der Waals surface area (Å²) in [6.07, 6.45) is 3.26. The Kier molecular flexibility index (Phi) is 5.72. The van der Waals surface area contributed by atoms with Crippen molar-refractivity contribution in [3.8, 4) is 0 Å². The van der Waals surface area contributed by atoms with E-state index in [1.165, 1.54) is 0 Å². The Morgan fingerprint density at radius 3 is 2.81 bits per heavy atom. The van der Waals surface area contributed by atoms with E-state index in [1.54, 1.807) is 13.3 Å². The molecular weight excluding hydrogens is 298 g/mol. The highest BCUT2D eigenvalue weighted by Crippen LogP contribution is 2.32. The second kappa shape index (κ2) is 7.14. The van der Waals surface area contributed by atoms with Gasteiger partial charge in [0.05, 0.1) is 32.3 Å². The van der Waals surface area contributed by atoms with E-state index >= 15 is 0 Å². The number of hydrogen-bond donors (Lipinski definition) is 3. The van der Waals surface area contributed by atoms with Crippen molar-refractivity contribution in [1.29, 1.82) is 0 Å². The highest BCUT2D eigenvalue weighted by Gasteiger charge is 2.43. The van der Waals surface area contributed by atoms with Crippen molar-refractivity contribution in [3.05, 3.63) is 12.4 Å². The lowest BCUT2D eigenvalue weighted by molar-refractivity contribution is -0.290. The van der Waals surface area contributed by atoms with Crippen LogP contribution in [0.4, 0.5) is 0 Å². The molecule has 0 saturated carbocycles. The number of nitrogens with zero attached hydrogens (tertiary/aromatic N) is 1. The molecule has 0 aromatic carbocycles. The van der Waals surface area contributed by atoms with Crippen LogP contribution in [-0.2, 0) is 17.8 Å². The maximum Gasteiger partial charge on any atom is 0.176 e. The second-order valence-electron chi connectivity index (χ2n) is 5.66. The molecule has 2 aliphatic rings. The summed E-state index contributed by atoms with van der Waals surface area (Å²) >= 11 is 0.936. The van der Waals surface area contributed by atoms with Crippen molar-refractivity contribution in [3.63, 3.8) is 0 Å². The maximum atomic E-state index is 9.14. The Morgan fingerprint density at radius 1 is 1.48 bits per heavy atom. The first-order valence-corrected chi connectivity index (χ1v) is 7.35. The number of rotatable bonds is 7. The average molecular weight is 321 g/mol. The highest BCUT2D eigenvalue weighted by molar-refractivity contribution is 7.89. The largest absolute Gasteiger partial charge is 0.356 e. The monoisotopic (exact) mass is 321 g/mol. The summed E-state index contributed by atoms with van der Waals surface area (Å²) in [7, 11) is 1.55. The summed E-state index contributed by atoms with van der Waals surface area (Å²) in [5, 5.41) is 12.1. The van der Waals surface area contributed by atoms with E-state index in [0.29, 0.717) is 26.4 Å². The lowest BCUT2D eigenvalue weighted by atomic mass is 9.89. The van der Waals surface area contributed by atoms with Gasteiger partial charge in [0.15, 0.2) is 24.4 Å². The fourth-order valence-corrected chi connectivity index (χ4v) is 2.60. The van der Waals surface area contributed by atoms with E-state index in [9.17, 15) is 0 Å². The Hall–Kier alpha value is -0.550. The zero-order chi connectivity index (χ0) is 15.3. The fraction of sp³-hybridized carbons (Fsp3) is 0.833. The van der Waals surface area contributed by atoms with Gasteiger partial charge in [-0.05, 0) is 13.8 Å². The van der Waals surface area contributed by atoms with E-state index < -0.39 is 5.79 Å². The summed E-state index contributed by atoms with van der Waals surface area (Å²) in [6, 6.07) is 0. The zero-order valence-electron chi connectivity index (χ0n) is 12.5. The smallest absolute Gasteiger partial charge is 0.176 e. The Bertz CT molecular complexity index is 359. The number of nitrogens with one attached hydrogen (secondary N) is 2. The molecule has 0 spiro atoms. The molecule has 0 bridgehead atoms. The predicted octanol–water partition coefficient (Wildman–Crippen LogP) is 0.621. The first-order chi connectivity index (χ1) is 10.0. The van der Waals surface area contributed by atoms with Gasteiger partial charge in [0.2, 0.25) is 0 Å². The van der Waals surface area contributed by atoms with Gasteiger partial charge in [-0.3, -0.25) is 8.37 Å². The molecule has 8 nitrogen and oxygen atoms in total. The quantitative estimate of drug-likeness (QED) is 0.355. The Balaban J connectivity index is 2.00. The summed E-state index contributed by atoms with van der Waals surface area (Å²) in [5.74, 6) is -0.592. The predicted molar refractivity (Wildman–Crippen MR) is 76.7 cm³/mol. The molecule has 21 heavy (non-hydrogen) atoms. The normalized spacial score (nSPS) is 26.9. The molecule has 0 aromatic rings. The number of hydroxylamine groups is 1. The van der Waals surface area contributed by atoms with Gasteiger partial charge < -0.3 is 24.9 Å². The summed E-state index contributed by atoms with van der Waals surface area (Å²) < 4.78 is 21.9. The summed E-state index contributed by atoms with van der Waals surface area (Å²) in [5.41, 5.74) is 1.85. The molecular formula is C12H23N3O5S. The van der Waals surface area contributed by atoms with Crippen molar-refractivity contribution in [2.24, 2.45) is 5.41 Å². The van der Waals surface area contributed by atoms with Gasteiger partial charge in [-0.2, -0.15) is 5.48 Å². The van der Waals surface area contributed by atoms with Crippen LogP contribution in [0.25, 0.3) is 0 Å². The van der Waals surface area contributed by atoms with Crippen molar-refractivity contribution >= 4 is 12.3 Å². The van der Waals surface area contributed by atoms with Crippen LogP contribution >= 0.6 is 12.3 Å². The fourth-order valence-electron chi connectivity index (χ4n) is 2.21. The summed E-state index contributed by atoms with van der Waals surface area (Å²) in [6.45, 7) is 5.76. The van der Waals surface area contributed by atoms with Gasteiger partial charge in [0.25, 0.3) is 0 Å². The highest BCUT2D eigenvalue weighted by atomic mass is 32.2. The standard InChI is InChI=1S/C12H23N3O5S/c1-11(2)18-7-12(8-19-11,9-20-21-17-3)6-15-5-4-13-10(15)14-16/h4-5,10,13-14,16H,6-9H2,1-3H3. The molecule has 122 valence electrons. The minimum atomic E-state index is -0.592. The van der Waals surface area contributed by atoms with E-state index in [2.05, 4.69) is 10.8 Å². The SMILES string of the molecule is COSOCC1(CN2C=CNC2NO)COC(C)(C)OC1. The molecule has 1 saturated heterocycles. The van der Waals surface area contributed by atoms with Crippen molar-refractivity contribution < 1.29 is 23.0 Å². The van der Waals surface area contributed by atoms with Crippen LogP contribution in [0.5, 0.6) is 0 Å². The third-order valence-corrected chi connectivity index (χ3v) is 3.78. The lowest BCUT2D eigenvalue weighted by Gasteiger charge is -2.45. The van der Waals surface area contributed by atoms with Crippen molar-refractivity contribution in [2.45, 2.75) is 25.9 Å². The average Bonchev–Trinajstić information content (AvgIpc) is 2.90. The maximum absolute atomic E-state index is 9.14. The van der Waals surface area contributed by atoms with Gasteiger partial charge >= 0.3 is 0 Å². The molecule has 1 unspecified atom stereocenters. The van der Waals surface area contributed by atoms with E-state index in [4.69, 9.17) is 23.0 Å². The first-order valence-electron chi connectivity index (χ1n) is 6.69. The van der Waals surface area contributed by atoms with Crippen molar-refractivity contribution in [2.75, 3.05) is 33.5 Å². The van der Waals surface area contributed by atoms with Crippen LogP contribution in [0.2, 0.25) is 0 Å². The summed E-state index contributed by atoms with van der Waals surface area (Å²) in [4.78, 5) is 1.92. The molecule has 1 fully saturated rings. The van der Waals surface area contributed by atoms with Crippen LogP contribution in [0.1, 0.15) is 13.8 Å². The molecule has 2 rings (SSSR count). The van der Waals surface area contributed by atoms with Gasteiger partial charge in [-0.15, -0.1) is 0 Å². The molecule has 2 heterocycles. The van der Waals surface area contributed by atoms with Crippen LogP contribution < -0.4 is 10.8 Å². The zero-order valence-corrected chi connectivity index (χ0v) is 13.3. The van der Waals surface area contributed by atoms with Crippen LogP contribution in [0.15, 0.2) is 12.4 Å². The molecule has 9 heteroatoms. The molecule has 2 aliphatic heterocycles. The van der Waals surface area contributed by atoms with Crippen LogP contribution in [0.3, 0.4) is 0 Å². The number of hydrogen-bond acceptors (Lipinski definition) is 9. The second-order valence-corrected chi connectivity index (χ2v) is 6.37. The van der Waals surface area contributed by atoms with Gasteiger partial charge in [0, 0.05) is 18.9 Å². The molecule has 0 radical (unpaired) electrons. The molecule has 1 atom stereocenters.